The van der Waals surface area contributed by atoms with Gasteiger partial charge >= 0.3 is 23.7 Å². The Labute approximate surface area is 179 Å². The Morgan fingerprint density at radius 2 is 1.03 bits per heavy atom. The lowest BCUT2D eigenvalue weighted by Gasteiger charge is -2.36. The number of halogens is 8. The molecule has 0 saturated heterocycles. The van der Waals surface area contributed by atoms with E-state index in [9.17, 15) is 35.1 Å². The zero-order valence-corrected chi connectivity index (χ0v) is 17.4. The zero-order valence-electron chi connectivity index (χ0n) is 17.4. The van der Waals surface area contributed by atoms with Crippen molar-refractivity contribution < 1.29 is 58.8 Å². The minimum Gasteiger partial charge on any atom is -0.388 e. The largest absolute Gasteiger partial charge is 0.388 e. The third kappa shape index (κ3) is 9.68. The average molecular weight is 492 g/mol. The maximum absolute atomic E-state index is 13.6. The quantitative estimate of drug-likeness (QED) is 0.117. The Hall–Kier alpha value is -1.29. The van der Waals surface area contributed by atoms with E-state index in [0.29, 0.717) is 19.8 Å². The lowest BCUT2D eigenvalue weighted by molar-refractivity contribution is -0.372. The van der Waals surface area contributed by atoms with Gasteiger partial charge < -0.3 is 29.4 Å². The highest BCUT2D eigenvalue weighted by Crippen LogP contribution is 2.53. The maximum atomic E-state index is 13.6. The summed E-state index contributed by atoms with van der Waals surface area (Å²) in [5.41, 5.74) is 4.72. The Morgan fingerprint density at radius 3 is 1.44 bits per heavy atom. The van der Waals surface area contributed by atoms with Crippen LogP contribution in [0.2, 0.25) is 0 Å². The highest BCUT2D eigenvalue weighted by atomic mass is 19.4. The van der Waals surface area contributed by atoms with E-state index in [4.69, 9.17) is 30.1 Å². The lowest BCUT2D eigenvalue weighted by Crippen LogP contribution is -2.63. The number of hydrogen-bond acceptors (Lipinski definition) is 6. The molecule has 0 bridgehead atoms. The second kappa shape index (κ2) is 14.1. The molecule has 0 aliphatic carbocycles. The smallest absolute Gasteiger partial charge is 0.380 e. The van der Waals surface area contributed by atoms with Crippen molar-refractivity contribution in [3.05, 3.63) is 0 Å². The van der Waals surface area contributed by atoms with Gasteiger partial charge in [0.15, 0.2) is 0 Å². The fourth-order valence-corrected chi connectivity index (χ4v) is 2.00. The summed E-state index contributed by atoms with van der Waals surface area (Å²) < 4.78 is 133. The van der Waals surface area contributed by atoms with Gasteiger partial charge in [0.2, 0.25) is 0 Å². The van der Waals surface area contributed by atoms with Crippen molar-refractivity contribution in [3.63, 3.8) is 0 Å². The zero-order chi connectivity index (χ0) is 24.9. The highest BCUT2D eigenvalue weighted by Gasteiger charge is 2.80. The molecular weight excluding hydrogens is 464 g/mol. The van der Waals surface area contributed by atoms with Gasteiger partial charge in [0.1, 0.15) is 6.61 Å². The van der Waals surface area contributed by atoms with Gasteiger partial charge in [-0.3, -0.25) is 5.41 Å². The molecule has 0 rings (SSSR count). The van der Waals surface area contributed by atoms with Crippen LogP contribution in [0, 0.1) is 5.41 Å². The number of nitrogens with one attached hydrogen (secondary N) is 1. The summed E-state index contributed by atoms with van der Waals surface area (Å²) in [6, 6.07) is 0. The van der Waals surface area contributed by atoms with Gasteiger partial charge in [0.05, 0.1) is 58.7 Å². The van der Waals surface area contributed by atoms with Crippen LogP contribution in [0.25, 0.3) is 0 Å². The minimum atomic E-state index is -6.43. The Kier molecular flexibility index (Phi) is 13.5. The SMILES string of the molecule is COCCOCCOCCOCCOCC(F)(F)C(F)(F)C(F)(F)C(F)(F)CCC(=N)N. The molecular formula is C17H28F8N2O5. The fourth-order valence-electron chi connectivity index (χ4n) is 2.00. The van der Waals surface area contributed by atoms with Gasteiger partial charge in [0.25, 0.3) is 0 Å². The summed E-state index contributed by atoms with van der Waals surface area (Å²) in [6.45, 7) is -1.83. The first-order valence-corrected chi connectivity index (χ1v) is 9.37. The van der Waals surface area contributed by atoms with Crippen LogP contribution >= 0.6 is 0 Å². The minimum absolute atomic E-state index is 0.00553. The summed E-state index contributed by atoms with van der Waals surface area (Å²) in [5, 5.41) is 6.70. The monoisotopic (exact) mass is 492 g/mol. The Balaban J connectivity index is 4.29. The number of rotatable bonds is 20. The molecule has 3 N–H and O–H groups in total. The lowest BCUT2D eigenvalue weighted by atomic mass is 9.95. The van der Waals surface area contributed by atoms with Crippen LogP contribution in [0.5, 0.6) is 0 Å². The van der Waals surface area contributed by atoms with E-state index in [-0.39, 0.29) is 26.4 Å². The number of amidine groups is 1. The number of methoxy groups -OCH3 is 1. The van der Waals surface area contributed by atoms with E-state index in [1.54, 1.807) is 0 Å². The molecule has 0 radical (unpaired) electrons. The highest BCUT2D eigenvalue weighted by molar-refractivity contribution is 5.76. The topological polar surface area (TPSA) is 96.0 Å². The molecule has 32 heavy (non-hydrogen) atoms. The summed E-state index contributed by atoms with van der Waals surface area (Å²) in [4.78, 5) is 0. The first kappa shape index (κ1) is 30.7. The van der Waals surface area contributed by atoms with Gasteiger partial charge in [0, 0.05) is 20.0 Å². The molecule has 192 valence electrons. The fraction of sp³-hybridized carbons (Fsp3) is 0.941. The summed E-state index contributed by atoms with van der Waals surface area (Å²) >= 11 is 0. The number of nitrogens with two attached hydrogens (primary N) is 1. The number of ether oxygens (including phenoxy) is 5. The number of hydrogen-bond donors (Lipinski definition) is 2. The Bertz CT molecular complexity index is 541. The third-order valence-electron chi connectivity index (χ3n) is 3.85. The molecule has 0 aromatic carbocycles. The second-order valence-corrected chi connectivity index (χ2v) is 6.47. The predicted molar refractivity (Wildman–Crippen MR) is 96.1 cm³/mol. The molecule has 15 heteroatoms. The van der Waals surface area contributed by atoms with E-state index in [1.165, 1.54) is 7.11 Å². The summed E-state index contributed by atoms with van der Waals surface area (Å²) in [7, 11) is 1.51. The summed E-state index contributed by atoms with van der Waals surface area (Å²) in [5.74, 6) is -25.0. The second-order valence-electron chi connectivity index (χ2n) is 6.47. The molecule has 0 fully saturated rings. The van der Waals surface area contributed by atoms with Gasteiger partial charge in [-0.25, -0.2) is 0 Å². The molecule has 0 heterocycles. The molecule has 0 atom stereocenters. The van der Waals surface area contributed by atoms with Gasteiger partial charge in [-0.2, -0.15) is 35.1 Å². The van der Waals surface area contributed by atoms with E-state index in [2.05, 4.69) is 4.74 Å². The first-order chi connectivity index (χ1) is 14.7. The molecule has 0 aliphatic rings. The van der Waals surface area contributed by atoms with Crippen LogP contribution < -0.4 is 5.73 Å². The van der Waals surface area contributed by atoms with Crippen LogP contribution in [0.15, 0.2) is 0 Å². The van der Waals surface area contributed by atoms with Crippen molar-refractivity contribution in [2.75, 3.05) is 66.6 Å². The van der Waals surface area contributed by atoms with Gasteiger partial charge in [-0.15, -0.1) is 0 Å². The van der Waals surface area contributed by atoms with Crippen LogP contribution in [-0.2, 0) is 23.7 Å². The van der Waals surface area contributed by atoms with Crippen molar-refractivity contribution in [1.29, 1.82) is 5.41 Å². The average Bonchev–Trinajstić information content (AvgIpc) is 2.69. The Morgan fingerprint density at radius 1 is 0.656 bits per heavy atom. The molecule has 0 unspecified atom stereocenters. The first-order valence-electron chi connectivity index (χ1n) is 9.37. The van der Waals surface area contributed by atoms with Gasteiger partial charge in [-0.05, 0) is 0 Å². The molecule has 0 aromatic heterocycles. The van der Waals surface area contributed by atoms with Crippen molar-refractivity contribution in [3.8, 4) is 0 Å². The van der Waals surface area contributed by atoms with Crippen molar-refractivity contribution in [1.82, 2.24) is 0 Å². The number of alkyl halides is 8. The standard InChI is InChI=1S/C17H28F8N2O5/c1-28-4-5-29-6-7-30-8-9-31-10-11-32-12-15(20,21)17(24,25)16(22,23)14(18,19)3-2-13(26)27/h2-12H2,1H3,(H3,26,27). The molecule has 0 aromatic rings. The van der Waals surface area contributed by atoms with Crippen LogP contribution in [0.3, 0.4) is 0 Å². The van der Waals surface area contributed by atoms with Crippen molar-refractivity contribution in [2.24, 2.45) is 5.73 Å². The van der Waals surface area contributed by atoms with Crippen molar-refractivity contribution >= 4 is 5.84 Å². The molecule has 0 spiro atoms. The molecule has 0 aliphatic heterocycles. The van der Waals surface area contributed by atoms with E-state index in [1.807, 2.05) is 0 Å². The molecule has 7 nitrogen and oxygen atoms in total. The summed E-state index contributed by atoms with van der Waals surface area (Å²) in [6.07, 6.45) is -3.18. The van der Waals surface area contributed by atoms with E-state index in [0.717, 1.165) is 0 Å². The molecule has 0 saturated carbocycles. The normalized spacial score (nSPS) is 13.5. The van der Waals surface area contributed by atoms with Crippen LogP contribution in [-0.4, -0.2) is 96.1 Å². The van der Waals surface area contributed by atoms with Crippen LogP contribution in [0.4, 0.5) is 35.1 Å². The molecule has 0 amide bonds. The van der Waals surface area contributed by atoms with Crippen LogP contribution in [0.1, 0.15) is 12.8 Å². The third-order valence-corrected chi connectivity index (χ3v) is 3.85. The van der Waals surface area contributed by atoms with E-state index < -0.39 is 55.6 Å². The van der Waals surface area contributed by atoms with Gasteiger partial charge in [-0.1, -0.05) is 0 Å². The van der Waals surface area contributed by atoms with E-state index >= 15 is 0 Å². The predicted octanol–water partition coefficient (Wildman–Crippen LogP) is 2.96. The van der Waals surface area contributed by atoms with Crippen molar-refractivity contribution in [2.45, 2.75) is 36.5 Å². The maximum Gasteiger partial charge on any atom is 0.380 e.